The van der Waals surface area contributed by atoms with Crippen LogP contribution in [0.4, 0.5) is 13.2 Å². The Kier molecular flexibility index (Phi) is 6.45. The van der Waals surface area contributed by atoms with E-state index >= 15 is 0 Å². The normalized spacial score (nSPS) is 15.1. The number of nitrogens with two attached hydrogens (primary N) is 1. The lowest BCUT2D eigenvalue weighted by Crippen LogP contribution is -2.24. The van der Waals surface area contributed by atoms with E-state index in [4.69, 9.17) is 15.2 Å². The van der Waals surface area contributed by atoms with E-state index in [2.05, 4.69) is 0 Å². The fourth-order valence-electron chi connectivity index (χ4n) is 1.64. The number of hydrogen-bond donors (Lipinski definition) is 1. The SMILES string of the molecule is CCOCC(C)OCC(N)c1cccc(C(F)(F)F)c1. The molecule has 0 aliphatic heterocycles. The Morgan fingerprint density at radius 1 is 1.25 bits per heavy atom. The molecule has 6 heteroatoms. The van der Waals surface area contributed by atoms with Crippen molar-refractivity contribution >= 4 is 0 Å². The highest BCUT2D eigenvalue weighted by molar-refractivity contribution is 5.27. The summed E-state index contributed by atoms with van der Waals surface area (Å²) < 4.78 is 48.4. The summed E-state index contributed by atoms with van der Waals surface area (Å²) in [5.74, 6) is 0. The molecule has 0 bridgehead atoms. The Balaban J connectivity index is 2.57. The van der Waals surface area contributed by atoms with Crippen LogP contribution in [0, 0.1) is 0 Å². The maximum Gasteiger partial charge on any atom is 0.416 e. The third-order valence-corrected chi connectivity index (χ3v) is 2.76. The molecule has 0 aromatic heterocycles. The number of alkyl halides is 3. The van der Waals surface area contributed by atoms with Crippen molar-refractivity contribution in [1.82, 2.24) is 0 Å². The van der Waals surface area contributed by atoms with Crippen LogP contribution in [0.15, 0.2) is 24.3 Å². The van der Waals surface area contributed by atoms with E-state index in [9.17, 15) is 13.2 Å². The molecule has 0 aliphatic carbocycles. The predicted octanol–water partition coefficient (Wildman–Crippen LogP) is 3.15. The van der Waals surface area contributed by atoms with Crippen LogP contribution < -0.4 is 5.73 Å². The van der Waals surface area contributed by atoms with E-state index in [0.717, 1.165) is 12.1 Å². The lowest BCUT2D eigenvalue weighted by molar-refractivity contribution is -0.137. The Bertz CT molecular complexity index is 410. The van der Waals surface area contributed by atoms with Gasteiger partial charge >= 0.3 is 6.18 Å². The topological polar surface area (TPSA) is 44.5 Å². The summed E-state index contributed by atoms with van der Waals surface area (Å²) in [5, 5.41) is 0. The molecule has 2 atom stereocenters. The van der Waals surface area contributed by atoms with Gasteiger partial charge in [0.05, 0.1) is 30.9 Å². The second kappa shape index (κ2) is 7.61. The summed E-state index contributed by atoms with van der Waals surface area (Å²) >= 11 is 0. The molecular formula is C14H20F3NO2. The number of hydrogen-bond acceptors (Lipinski definition) is 3. The maximum atomic E-state index is 12.6. The number of rotatable bonds is 7. The molecule has 2 unspecified atom stereocenters. The van der Waals surface area contributed by atoms with Gasteiger partial charge in [-0.1, -0.05) is 12.1 Å². The number of ether oxygens (including phenoxy) is 2. The molecule has 2 N–H and O–H groups in total. The van der Waals surface area contributed by atoms with Crippen molar-refractivity contribution in [2.75, 3.05) is 19.8 Å². The van der Waals surface area contributed by atoms with Crippen molar-refractivity contribution in [3.63, 3.8) is 0 Å². The smallest absolute Gasteiger partial charge is 0.379 e. The third-order valence-electron chi connectivity index (χ3n) is 2.76. The minimum Gasteiger partial charge on any atom is -0.379 e. The molecule has 0 fully saturated rings. The summed E-state index contributed by atoms with van der Waals surface area (Å²) in [6.07, 6.45) is -4.51. The minimum atomic E-state index is -4.36. The van der Waals surface area contributed by atoms with E-state index in [1.807, 2.05) is 13.8 Å². The first-order chi connectivity index (χ1) is 9.34. The lowest BCUT2D eigenvalue weighted by atomic mass is 10.0. The maximum absolute atomic E-state index is 12.6. The average molecular weight is 291 g/mol. The van der Waals surface area contributed by atoms with Crippen LogP contribution in [0.5, 0.6) is 0 Å². The molecule has 1 aromatic rings. The van der Waals surface area contributed by atoms with Gasteiger partial charge in [0.2, 0.25) is 0 Å². The van der Waals surface area contributed by atoms with E-state index < -0.39 is 17.8 Å². The zero-order valence-corrected chi connectivity index (χ0v) is 11.6. The Morgan fingerprint density at radius 3 is 2.55 bits per heavy atom. The lowest BCUT2D eigenvalue weighted by Gasteiger charge is -2.18. The van der Waals surface area contributed by atoms with Crippen LogP contribution in [-0.4, -0.2) is 25.9 Å². The highest BCUT2D eigenvalue weighted by Crippen LogP contribution is 2.30. The standard InChI is InChI=1S/C14H20F3NO2/c1-3-19-8-10(2)20-9-13(18)11-5-4-6-12(7-11)14(15,16)17/h4-7,10,13H,3,8-9,18H2,1-2H3. The van der Waals surface area contributed by atoms with Crippen molar-refractivity contribution in [2.24, 2.45) is 5.73 Å². The van der Waals surface area contributed by atoms with E-state index in [0.29, 0.717) is 18.8 Å². The molecule has 0 aliphatic rings. The van der Waals surface area contributed by atoms with Crippen LogP contribution in [0.2, 0.25) is 0 Å². The Labute approximate surface area is 116 Å². The summed E-state index contributed by atoms with van der Waals surface area (Å²) in [6, 6.07) is 4.40. The van der Waals surface area contributed by atoms with Gasteiger partial charge in [0.15, 0.2) is 0 Å². The van der Waals surface area contributed by atoms with Gasteiger partial charge in [-0.05, 0) is 31.5 Å². The van der Waals surface area contributed by atoms with Gasteiger partial charge in [-0.3, -0.25) is 0 Å². The molecule has 0 radical (unpaired) electrons. The van der Waals surface area contributed by atoms with Crippen LogP contribution in [0.25, 0.3) is 0 Å². The Morgan fingerprint density at radius 2 is 1.95 bits per heavy atom. The number of benzene rings is 1. The predicted molar refractivity (Wildman–Crippen MR) is 70.3 cm³/mol. The second-order valence-corrected chi connectivity index (χ2v) is 4.53. The summed E-state index contributed by atoms with van der Waals surface area (Å²) in [6.45, 7) is 4.88. The van der Waals surface area contributed by atoms with Crippen molar-refractivity contribution in [3.05, 3.63) is 35.4 Å². The first-order valence-corrected chi connectivity index (χ1v) is 6.46. The van der Waals surface area contributed by atoms with Gasteiger partial charge in [0.25, 0.3) is 0 Å². The van der Waals surface area contributed by atoms with E-state index in [1.54, 1.807) is 6.07 Å². The monoisotopic (exact) mass is 291 g/mol. The van der Waals surface area contributed by atoms with Crippen LogP contribution in [0.1, 0.15) is 31.0 Å². The van der Waals surface area contributed by atoms with Gasteiger partial charge < -0.3 is 15.2 Å². The molecule has 0 amide bonds. The zero-order valence-electron chi connectivity index (χ0n) is 11.6. The van der Waals surface area contributed by atoms with E-state index in [1.165, 1.54) is 6.07 Å². The van der Waals surface area contributed by atoms with Crippen molar-refractivity contribution in [1.29, 1.82) is 0 Å². The molecule has 0 spiro atoms. The largest absolute Gasteiger partial charge is 0.416 e. The van der Waals surface area contributed by atoms with Crippen LogP contribution >= 0.6 is 0 Å². The highest BCUT2D eigenvalue weighted by Gasteiger charge is 2.30. The highest BCUT2D eigenvalue weighted by atomic mass is 19.4. The van der Waals surface area contributed by atoms with Gasteiger partial charge in [0, 0.05) is 6.61 Å². The summed E-state index contributed by atoms with van der Waals surface area (Å²) in [7, 11) is 0. The van der Waals surface area contributed by atoms with Crippen molar-refractivity contribution in [2.45, 2.75) is 32.2 Å². The molecule has 3 nitrogen and oxygen atoms in total. The molecule has 114 valence electrons. The van der Waals surface area contributed by atoms with Gasteiger partial charge in [-0.15, -0.1) is 0 Å². The molecule has 1 rings (SSSR count). The molecular weight excluding hydrogens is 271 g/mol. The number of halogens is 3. The summed E-state index contributed by atoms with van der Waals surface area (Å²) in [4.78, 5) is 0. The molecule has 20 heavy (non-hydrogen) atoms. The molecule has 0 saturated heterocycles. The first-order valence-electron chi connectivity index (χ1n) is 6.46. The van der Waals surface area contributed by atoms with Gasteiger partial charge in [-0.25, -0.2) is 0 Å². The third kappa shape index (κ3) is 5.48. The average Bonchev–Trinajstić information content (AvgIpc) is 2.41. The Hall–Kier alpha value is -1.11. The van der Waals surface area contributed by atoms with Crippen molar-refractivity contribution < 1.29 is 22.6 Å². The zero-order chi connectivity index (χ0) is 15.2. The molecule has 0 heterocycles. The minimum absolute atomic E-state index is 0.146. The first kappa shape index (κ1) is 16.9. The molecule has 0 saturated carbocycles. The van der Waals surface area contributed by atoms with Crippen molar-refractivity contribution in [3.8, 4) is 0 Å². The fraction of sp³-hybridized carbons (Fsp3) is 0.571. The van der Waals surface area contributed by atoms with Crippen LogP contribution in [0.3, 0.4) is 0 Å². The van der Waals surface area contributed by atoms with Gasteiger partial charge in [-0.2, -0.15) is 13.2 Å². The quantitative estimate of drug-likeness (QED) is 0.839. The van der Waals surface area contributed by atoms with Crippen LogP contribution in [-0.2, 0) is 15.7 Å². The summed E-state index contributed by atoms with van der Waals surface area (Å²) in [5.41, 5.74) is 5.56. The molecule has 1 aromatic carbocycles. The second-order valence-electron chi connectivity index (χ2n) is 4.53. The van der Waals surface area contributed by atoms with Gasteiger partial charge in [0.1, 0.15) is 0 Å². The fourth-order valence-corrected chi connectivity index (χ4v) is 1.64. The van der Waals surface area contributed by atoms with E-state index in [-0.39, 0.29) is 12.7 Å².